The SMILES string of the molecule is CC(=O)NC1C(NC(=O)NCCC(=O)ON2C(=O)CCC2=O)OC(COC(C)=O)C(OC(C)=O)C1OC(C)=O. The number of carbonyl (C=O) groups excluding carboxylic acids is 8. The molecular weight excluding hydrogens is 528 g/mol. The molecule has 2 saturated heterocycles. The van der Waals surface area contributed by atoms with Gasteiger partial charge in [0.25, 0.3) is 11.8 Å². The minimum absolute atomic E-state index is 0.0747. The third-order valence-corrected chi connectivity index (χ3v) is 5.20. The zero-order valence-electron chi connectivity index (χ0n) is 21.7. The highest BCUT2D eigenvalue weighted by atomic mass is 16.7. The Balaban J connectivity index is 2.12. The third kappa shape index (κ3) is 9.51. The van der Waals surface area contributed by atoms with Gasteiger partial charge in [-0.15, -0.1) is 5.06 Å². The first-order chi connectivity index (χ1) is 18.3. The fourth-order valence-corrected chi connectivity index (χ4v) is 3.72. The van der Waals surface area contributed by atoms with Crippen LogP contribution in [0.15, 0.2) is 0 Å². The van der Waals surface area contributed by atoms with Crippen molar-refractivity contribution in [3.05, 3.63) is 0 Å². The number of amides is 5. The number of esters is 3. The average molecular weight is 558 g/mol. The van der Waals surface area contributed by atoms with Crippen molar-refractivity contribution in [1.82, 2.24) is 21.0 Å². The summed E-state index contributed by atoms with van der Waals surface area (Å²) in [6.45, 7) is 3.67. The topological polar surface area (TPSA) is 222 Å². The molecule has 3 N–H and O–H groups in total. The van der Waals surface area contributed by atoms with E-state index in [1.165, 1.54) is 0 Å². The van der Waals surface area contributed by atoms with Gasteiger partial charge in [0.2, 0.25) is 5.91 Å². The molecule has 2 rings (SSSR count). The minimum Gasteiger partial charge on any atom is -0.463 e. The van der Waals surface area contributed by atoms with Crippen molar-refractivity contribution >= 4 is 47.6 Å². The predicted molar refractivity (Wildman–Crippen MR) is 122 cm³/mol. The molecule has 0 aromatic heterocycles. The molecule has 0 aromatic carbocycles. The Morgan fingerprint density at radius 1 is 0.872 bits per heavy atom. The Labute approximate surface area is 222 Å². The van der Waals surface area contributed by atoms with Crippen molar-refractivity contribution in [3.63, 3.8) is 0 Å². The van der Waals surface area contributed by atoms with E-state index in [1.807, 2.05) is 0 Å². The van der Waals surface area contributed by atoms with Crippen LogP contribution in [0, 0.1) is 0 Å². The summed E-state index contributed by atoms with van der Waals surface area (Å²) in [6.07, 6.45) is -5.91. The molecule has 2 fully saturated rings. The molecule has 5 amide bonds. The molecule has 5 unspecified atom stereocenters. The van der Waals surface area contributed by atoms with Crippen molar-refractivity contribution in [3.8, 4) is 0 Å². The summed E-state index contributed by atoms with van der Waals surface area (Å²) < 4.78 is 21.3. The normalized spacial score (nSPS) is 24.3. The van der Waals surface area contributed by atoms with Crippen LogP contribution in [0.25, 0.3) is 0 Å². The molecule has 0 radical (unpaired) electrons. The van der Waals surface area contributed by atoms with Gasteiger partial charge in [0.05, 0.1) is 6.42 Å². The van der Waals surface area contributed by atoms with Crippen LogP contribution in [-0.2, 0) is 57.3 Å². The van der Waals surface area contributed by atoms with E-state index in [-0.39, 0.29) is 19.4 Å². The molecule has 0 bridgehead atoms. The molecule has 0 saturated carbocycles. The van der Waals surface area contributed by atoms with Crippen LogP contribution in [-0.4, -0.2) is 96.4 Å². The Morgan fingerprint density at radius 2 is 1.46 bits per heavy atom. The van der Waals surface area contributed by atoms with E-state index >= 15 is 0 Å². The van der Waals surface area contributed by atoms with Gasteiger partial charge in [0, 0.05) is 47.1 Å². The van der Waals surface area contributed by atoms with Crippen molar-refractivity contribution < 1.29 is 62.1 Å². The molecule has 2 aliphatic heterocycles. The molecule has 0 spiro atoms. The molecule has 2 heterocycles. The van der Waals surface area contributed by atoms with E-state index in [4.69, 9.17) is 23.8 Å². The molecule has 0 aliphatic carbocycles. The maximum absolute atomic E-state index is 12.6. The molecule has 5 atom stereocenters. The summed E-state index contributed by atoms with van der Waals surface area (Å²) in [5, 5.41) is 7.58. The largest absolute Gasteiger partial charge is 0.463 e. The van der Waals surface area contributed by atoms with Crippen LogP contribution in [0.3, 0.4) is 0 Å². The highest BCUT2D eigenvalue weighted by molar-refractivity contribution is 6.01. The number of imide groups is 1. The van der Waals surface area contributed by atoms with Crippen molar-refractivity contribution in [2.24, 2.45) is 0 Å². The zero-order chi connectivity index (χ0) is 29.3. The van der Waals surface area contributed by atoms with Gasteiger partial charge < -0.3 is 39.7 Å². The number of hydroxylamine groups is 2. The minimum atomic E-state index is -1.41. The smallest absolute Gasteiger partial charge is 0.334 e. The number of hydrogen-bond acceptors (Lipinski definition) is 13. The summed E-state index contributed by atoms with van der Waals surface area (Å²) in [7, 11) is 0. The summed E-state index contributed by atoms with van der Waals surface area (Å²) in [6, 6.07) is -2.18. The molecule has 17 nitrogen and oxygen atoms in total. The molecule has 216 valence electrons. The number of carbonyl (C=O) groups is 8. The standard InChI is InChI=1S/C22H30N4O13/c1-10(27)24-18-20(37-13(4)30)19(36-12(3)29)14(9-35-11(2)28)38-21(18)25-22(34)23-8-7-17(33)39-26-15(31)5-6-16(26)32/h14,18-21H,5-9H2,1-4H3,(H,24,27)(H2,23,25,34). The first-order valence-electron chi connectivity index (χ1n) is 11.8. The van der Waals surface area contributed by atoms with E-state index in [0.717, 1.165) is 27.7 Å². The van der Waals surface area contributed by atoms with Crippen LogP contribution in [0.2, 0.25) is 0 Å². The Kier molecular flexibility index (Phi) is 11.1. The fourth-order valence-electron chi connectivity index (χ4n) is 3.72. The molecule has 2 aliphatic rings. The lowest BCUT2D eigenvalue weighted by molar-refractivity contribution is -0.226. The number of nitrogens with zero attached hydrogens (tertiary/aromatic N) is 1. The van der Waals surface area contributed by atoms with Crippen LogP contribution in [0.5, 0.6) is 0 Å². The van der Waals surface area contributed by atoms with Gasteiger partial charge in [-0.25, -0.2) is 9.59 Å². The quantitative estimate of drug-likeness (QED) is 0.149. The molecular formula is C22H30N4O13. The highest BCUT2D eigenvalue weighted by Crippen LogP contribution is 2.26. The van der Waals surface area contributed by atoms with Gasteiger partial charge in [-0.1, -0.05) is 0 Å². The van der Waals surface area contributed by atoms with Gasteiger partial charge in [0.1, 0.15) is 18.8 Å². The molecule has 39 heavy (non-hydrogen) atoms. The van der Waals surface area contributed by atoms with Crippen LogP contribution < -0.4 is 16.0 Å². The second kappa shape index (κ2) is 14.0. The number of ether oxygens (including phenoxy) is 4. The number of rotatable bonds is 10. The van der Waals surface area contributed by atoms with Crippen LogP contribution in [0.1, 0.15) is 47.0 Å². The van der Waals surface area contributed by atoms with Gasteiger partial charge in [-0.2, -0.15) is 0 Å². The lowest BCUT2D eigenvalue weighted by Crippen LogP contribution is -2.70. The second-order valence-electron chi connectivity index (χ2n) is 8.47. The first-order valence-corrected chi connectivity index (χ1v) is 11.8. The van der Waals surface area contributed by atoms with Crippen molar-refractivity contribution in [2.75, 3.05) is 13.2 Å². The number of hydrogen-bond donors (Lipinski definition) is 3. The summed E-state index contributed by atoms with van der Waals surface area (Å²) in [5.74, 6) is -5.17. The van der Waals surface area contributed by atoms with E-state index in [9.17, 15) is 38.4 Å². The van der Waals surface area contributed by atoms with Crippen molar-refractivity contribution in [2.45, 2.75) is 77.5 Å². The number of nitrogens with one attached hydrogen (secondary N) is 3. The second-order valence-corrected chi connectivity index (χ2v) is 8.47. The van der Waals surface area contributed by atoms with E-state index in [2.05, 4.69) is 16.0 Å². The van der Waals surface area contributed by atoms with E-state index in [0.29, 0.717) is 5.06 Å². The van der Waals surface area contributed by atoms with Gasteiger partial charge in [-0.05, 0) is 0 Å². The summed E-state index contributed by atoms with van der Waals surface area (Å²) >= 11 is 0. The Hall–Kier alpha value is -4.28. The average Bonchev–Trinajstić information content (AvgIpc) is 3.12. The molecule has 17 heteroatoms. The maximum Gasteiger partial charge on any atom is 0.334 e. The van der Waals surface area contributed by atoms with Gasteiger partial charge in [0.15, 0.2) is 18.4 Å². The Bertz CT molecular complexity index is 1000. The predicted octanol–water partition coefficient (Wildman–Crippen LogP) is -2.06. The summed E-state index contributed by atoms with van der Waals surface area (Å²) in [4.78, 5) is 99.2. The van der Waals surface area contributed by atoms with Gasteiger partial charge >= 0.3 is 29.9 Å². The first kappa shape index (κ1) is 30.9. The number of urea groups is 1. The third-order valence-electron chi connectivity index (χ3n) is 5.20. The molecule has 0 aromatic rings. The highest BCUT2D eigenvalue weighted by Gasteiger charge is 2.51. The van der Waals surface area contributed by atoms with Crippen LogP contribution >= 0.6 is 0 Å². The maximum atomic E-state index is 12.6. The Morgan fingerprint density at radius 3 is 2.00 bits per heavy atom. The fraction of sp³-hybridized carbons (Fsp3) is 0.636. The van der Waals surface area contributed by atoms with Gasteiger partial charge in [-0.3, -0.25) is 28.8 Å². The summed E-state index contributed by atoms with van der Waals surface area (Å²) in [5.41, 5.74) is 0. The van der Waals surface area contributed by atoms with E-state index < -0.39 is 91.2 Å². The van der Waals surface area contributed by atoms with E-state index in [1.54, 1.807) is 0 Å². The monoisotopic (exact) mass is 558 g/mol. The van der Waals surface area contributed by atoms with Crippen molar-refractivity contribution in [1.29, 1.82) is 0 Å². The van der Waals surface area contributed by atoms with Crippen LogP contribution in [0.4, 0.5) is 4.79 Å². The lowest BCUT2D eigenvalue weighted by Gasteiger charge is -2.45. The lowest BCUT2D eigenvalue weighted by atomic mass is 9.95. The zero-order valence-corrected chi connectivity index (χ0v) is 21.7.